The van der Waals surface area contributed by atoms with Crippen LogP contribution in [0.5, 0.6) is 5.75 Å². The Morgan fingerprint density at radius 2 is 2.06 bits per heavy atom. The second-order valence-electron chi connectivity index (χ2n) is 5.37. The number of hydrogen-bond acceptors (Lipinski definition) is 3. The lowest BCUT2D eigenvalue weighted by atomic mass is 9.83. The van der Waals surface area contributed by atoms with E-state index in [-0.39, 0.29) is 0 Å². The molecule has 3 N–H and O–H groups in total. The van der Waals surface area contributed by atoms with Crippen molar-refractivity contribution in [1.29, 1.82) is 0 Å². The number of rotatable bonds is 5. The van der Waals surface area contributed by atoms with Crippen LogP contribution in [0.25, 0.3) is 0 Å². The first-order valence-corrected chi connectivity index (χ1v) is 6.86. The molecule has 2 rings (SSSR count). The van der Waals surface area contributed by atoms with Crippen molar-refractivity contribution in [3.63, 3.8) is 0 Å². The van der Waals surface area contributed by atoms with E-state index in [1.54, 1.807) is 7.11 Å². The summed E-state index contributed by atoms with van der Waals surface area (Å²) in [5.41, 5.74) is 8.10. The molecule has 3 nitrogen and oxygen atoms in total. The van der Waals surface area contributed by atoms with Crippen molar-refractivity contribution in [2.75, 3.05) is 24.7 Å². The fourth-order valence-corrected chi connectivity index (χ4v) is 2.89. The van der Waals surface area contributed by atoms with Crippen LogP contribution in [0.4, 0.5) is 11.4 Å². The molecule has 1 aliphatic rings. The molecule has 0 unspecified atom stereocenters. The van der Waals surface area contributed by atoms with E-state index in [4.69, 9.17) is 10.5 Å². The molecule has 0 amide bonds. The molecule has 0 saturated heterocycles. The van der Waals surface area contributed by atoms with E-state index in [9.17, 15) is 0 Å². The Kier molecular flexibility index (Phi) is 4.00. The van der Waals surface area contributed by atoms with Crippen molar-refractivity contribution in [2.45, 2.75) is 39.0 Å². The van der Waals surface area contributed by atoms with E-state index in [1.807, 2.05) is 18.2 Å². The third-order valence-corrected chi connectivity index (χ3v) is 4.32. The number of anilines is 2. The molecule has 1 aromatic carbocycles. The zero-order chi connectivity index (χ0) is 13.0. The second kappa shape index (κ2) is 5.51. The van der Waals surface area contributed by atoms with Crippen LogP contribution < -0.4 is 15.8 Å². The lowest BCUT2D eigenvalue weighted by Crippen LogP contribution is -2.25. The summed E-state index contributed by atoms with van der Waals surface area (Å²) in [6.45, 7) is 3.35. The van der Waals surface area contributed by atoms with Gasteiger partial charge < -0.3 is 15.8 Å². The maximum Gasteiger partial charge on any atom is 0.143 e. The lowest BCUT2D eigenvalue weighted by Gasteiger charge is -2.28. The number of methoxy groups -OCH3 is 1. The Balaban J connectivity index is 2.01. The SMILES string of the molecule is CCC1(CNc2ccc(N)c(OC)c2)CCCC1. The van der Waals surface area contributed by atoms with Gasteiger partial charge in [0.15, 0.2) is 0 Å². The first-order valence-electron chi connectivity index (χ1n) is 6.86. The third kappa shape index (κ3) is 2.71. The van der Waals surface area contributed by atoms with Crippen LogP contribution in [-0.2, 0) is 0 Å². The Morgan fingerprint density at radius 3 is 2.67 bits per heavy atom. The molecule has 0 atom stereocenters. The topological polar surface area (TPSA) is 47.3 Å². The van der Waals surface area contributed by atoms with Gasteiger partial charge in [0.05, 0.1) is 12.8 Å². The summed E-state index contributed by atoms with van der Waals surface area (Å²) in [7, 11) is 1.65. The highest BCUT2D eigenvalue weighted by atomic mass is 16.5. The fourth-order valence-electron chi connectivity index (χ4n) is 2.89. The lowest BCUT2D eigenvalue weighted by molar-refractivity contribution is 0.307. The third-order valence-electron chi connectivity index (χ3n) is 4.32. The second-order valence-corrected chi connectivity index (χ2v) is 5.37. The number of nitrogens with one attached hydrogen (secondary N) is 1. The number of benzene rings is 1. The van der Waals surface area contributed by atoms with Crippen LogP contribution in [0.1, 0.15) is 39.0 Å². The molecule has 1 aromatic rings. The van der Waals surface area contributed by atoms with Gasteiger partial charge in [-0.25, -0.2) is 0 Å². The Labute approximate surface area is 110 Å². The highest BCUT2D eigenvalue weighted by molar-refractivity contribution is 5.61. The predicted molar refractivity (Wildman–Crippen MR) is 77.1 cm³/mol. The molecule has 0 spiro atoms. The molecule has 0 aliphatic heterocycles. The van der Waals surface area contributed by atoms with Gasteiger partial charge in [0.1, 0.15) is 5.75 Å². The minimum Gasteiger partial charge on any atom is -0.495 e. The number of hydrogen-bond donors (Lipinski definition) is 2. The van der Waals surface area contributed by atoms with Crippen LogP contribution in [-0.4, -0.2) is 13.7 Å². The first kappa shape index (κ1) is 13.1. The molecule has 1 fully saturated rings. The summed E-state index contributed by atoms with van der Waals surface area (Å²) in [6, 6.07) is 5.90. The van der Waals surface area contributed by atoms with Crippen molar-refractivity contribution >= 4 is 11.4 Å². The van der Waals surface area contributed by atoms with Gasteiger partial charge in [-0.05, 0) is 36.8 Å². The van der Waals surface area contributed by atoms with Crippen molar-refractivity contribution in [3.05, 3.63) is 18.2 Å². The van der Waals surface area contributed by atoms with E-state index in [2.05, 4.69) is 12.2 Å². The Hall–Kier alpha value is -1.38. The normalized spacial score (nSPS) is 17.7. The van der Waals surface area contributed by atoms with E-state index in [0.717, 1.165) is 18.0 Å². The Morgan fingerprint density at radius 1 is 1.33 bits per heavy atom. The average Bonchev–Trinajstić information content (AvgIpc) is 2.87. The zero-order valence-corrected chi connectivity index (χ0v) is 11.5. The number of nitrogens with two attached hydrogens (primary N) is 1. The van der Waals surface area contributed by atoms with E-state index in [0.29, 0.717) is 11.1 Å². The van der Waals surface area contributed by atoms with Crippen LogP contribution in [0.2, 0.25) is 0 Å². The van der Waals surface area contributed by atoms with Gasteiger partial charge in [-0.1, -0.05) is 19.8 Å². The van der Waals surface area contributed by atoms with Crippen molar-refractivity contribution < 1.29 is 4.74 Å². The summed E-state index contributed by atoms with van der Waals surface area (Å²) in [6.07, 6.45) is 6.71. The van der Waals surface area contributed by atoms with Gasteiger partial charge in [-0.15, -0.1) is 0 Å². The molecule has 1 saturated carbocycles. The summed E-state index contributed by atoms with van der Waals surface area (Å²) in [5.74, 6) is 0.747. The summed E-state index contributed by atoms with van der Waals surface area (Å²) >= 11 is 0. The quantitative estimate of drug-likeness (QED) is 0.782. The van der Waals surface area contributed by atoms with Crippen LogP contribution in [0.15, 0.2) is 18.2 Å². The van der Waals surface area contributed by atoms with E-state index in [1.165, 1.54) is 32.1 Å². The van der Waals surface area contributed by atoms with E-state index >= 15 is 0 Å². The summed E-state index contributed by atoms with van der Waals surface area (Å²) < 4.78 is 5.24. The summed E-state index contributed by atoms with van der Waals surface area (Å²) in [4.78, 5) is 0. The average molecular weight is 248 g/mol. The molecule has 0 bridgehead atoms. The predicted octanol–water partition coefficient (Wildman–Crippen LogP) is 3.66. The monoisotopic (exact) mass is 248 g/mol. The molecule has 0 radical (unpaired) electrons. The zero-order valence-electron chi connectivity index (χ0n) is 11.5. The molecular formula is C15H24N2O. The molecule has 100 valence electrons. The van der Waals surface area contributed by atoms with Crippen molar-refractivity contribution in [3.8, 4) is 5.75 Å². The summed E-state index contributed by atoms with van der Waals surface area (Å²) in [5, 5.41) is 3.54. The van der Waals surface area contributed by atoms with Gasteiger partial charge in [0.2, 0.25) is 0 Å². The molecule has 1 aliphatic carbocycles. The first-order chi connectivity index (χ1) is 8.69. The fraction of sp³-hybridized carbons (Fsp3) is 0.600. The van der Waals surface area contributed by atoms with Gasteiger partial charge >= 0.3 is 0 Å². The van der Waals surface area contributed by atoms with Crippen molar-refractivity contribution in [1.82, 2.24) is 0 Å². The molecular weight excluding hydrogens is 224 g/mol. The van der Waals surface area contributed by atoms with Gasteiger partial charge in [-0.2, -0.15) is 0 Å². The minimum atomic E-state index is 0.495. The Bertz CT molecular complexity index is 397. The number of nitrogen functional groups attached to an aromatic ring is 1. The molecule has 18 heavy (non-hydrogen) atoms. The highest BCUT2D eigenvalue weighted by Gasteiger charge is 2.31. The molecule has 3 heteroatoms. The smallest absolute Gasteiger partial charge is 0.143 e. The van der Waals surface area contributed by atoms with Crippen LogP contribution in [0, 0.1) is 5.41 Å². The number of ether oxygens (including phenoxy) is 1. The maximum absolute atomic E-state index is 5.82. The van der Waals surface area contributed by atoms with E-state index < -0.39 is 0 Å². The standard InChI is InChI=1S/C15H24N2O/c1-3-15(8-4-5-9-15)11-17-12-6-7-13(16)14(10-12)18-2/h6-7,10,17H,3-5,8-9,11,16H2,1-2H3. The van der Waals surface area contributed by atoms with Gasteiger partial charge in [0.25, 0.3) is 0 Å². The van der Waals surface area contributed by atoms with Gasteiger partial charge in [0, 0.05) is 18.3 Å². The van der Waals surface area contributed by atoms with Crippen molar-refractivity contribution in [2.24, 2.45) is 5.41 Å². The largest absolute Gasteiger partial charge is 0.495 e. The van der Waals surface area contributed by atoms with Crippen LogP contribution >= 0.6 is 0 Å². The molecule has 0 heterocycles. The van der Waals surface area contributed by atoms with Gasteiger partial charge in [-0.3, -0.25) is 0 Å². The minimum absolute atomic E-state index is 0.495. The molecule has 0 aromatic heterocycles. The maximum atomic E-state index is 5.82. The van der Waals surface area contributed by atoms with Crippen LogP contribution in [0.3, 0.4) is 0 Å². The highest BCUT2D eigenvalue weighted by Crippen LogP contribution is 2.41.